The number of hydrogen-bond acceptors (Lipinski definition) is 4. The third-order valence-electron chi connectivity index (χ3n) is 4.89. The fourth-order valence-electron chi connectivity index (χ4n) is 3.47. The zero-order chi connectivity index (χ0) is 17.9. The predicted octanol–water partition coefficient (Wildman–Crippen LogP) is 5.24. The number of fused-ring (bicyclic) bond motifs is 2. The molecule has 0 bridgehead atoms. The van der Waals surface area contributed by atoms with Gasteiger partial charge in [-0.05, 0) is 48.9 Å². The minimum absolute atomic E-state index is 0.0962. The van der Waals surface area contributed by atoms with Crippen molar-refractivity contribution >= 4 is 39.5 Å². The van der Waals surface area contributed by atoms with Crippen LogP contribution in [0.3, 0.4) is 0 Å². The molecule has 1 heterocycles. The van der Waals surface area contributed by atoms with Crippen molar-refractivity contribution in [3.05, 3.63) is 65.2 Å². The lowest BCUT2D eigenvalue weighted by Gasteiger charge is -2.27. The minimum Gasteiger partial charge on any atom is -0.348 e. The molecule has 1 amide bonds. The van der Waals surface area contributed by atoms with Gasteiger partial charge in [0.1, 0.15) is 4.38 Å². The molecule has 4 rings (SSSR count). The zero-order valence-electron chi connectivity index (χ0n) is 14.8. The number of hydrogen-bond donors (Lipinski definition) is 1. The summed E-state index contributed by atoms with van der Waals surface area (Å²) in [5.41, 5.74) is 4.94. The van der Waals surface area contributed by atoms with Crippen molar-refractivity contribution < 1.29 is 4.79 Å². The Balaban J connectivity index is 1.41. The second-order valence-electron chi connectivity index (χ2n) is 6.71. The van der Waals surface area contributed by atoms with Gasteiger partial charge in [-0.1, -0.05) is 66.0 Å². The molecule has 0 saturated heterocycles. The largest absolute Gasteiger partial charge is 0.348 e. The smallest absolute Gasteiger partial charge is 0.233 e. The van der Waals surface area contributed by atoms with Crippen LogP contribution in [-0.4, -0.2) is 15.5 Å². The first-order valence-electron chi connectivity index (χ1n) is 9.05. The van der Waals surface area contributed by atoms with Crippen LogP contribution >= 0.6 is 23.5 Å². The van der Waals surface area contributed by atoms with Gasteiger partial charge in [-0.15, -0.1) is 0 Å². The van der Waals surface area contributed by atoms with Crippen LogP contribution in [0.15, 0.2) is 53.5 Å². The summed E-state index contributed by atoms with van der Waals surface area (Å²) in [7, 11) is 0. The van der Waals surface area contributed by atoms with Gasteiger partial charge in [0.25, 0.3) is 0 Å². The zero-order valence-corrected chi connectivity index (χ0v) is 16.4. The maximum atomic E-state index is 12.7. The van der Waals surface area contributed by atoms with Gasteiger partial charge < -0.3 is 5.32 Å². The number of nitrogens with one attached hydrogen (secondary N) is 1. The molecule has 2 atom stereocenters. The van der Waals surface area contributed by atoms with E-state index >= 15 is 0 Å². The molecule has 1 aliphatic heterocycles. The van der Waals surface area contributed by atoms with Crippen LogP contribution in [0, 0.1) is 0 Å². The number of carbonyl (C=O) groups excluding carboxylic acids is 1. The molecule has 0 unspecified atom stereocenters. The summed E-state index contributed by atoms with van der Waals surface area (Å²) < 4.78 is 0.982. The first kappa shape index (κ1) is 17.7. The van der Waals surface area contributed by atoms with Crippen LogP contribution in [-0.2, 0) is 17.0 Å². The molecule has 0 radical (unpaired) electrons. The standard InChI is InChI=1S/C21H22N2OS2/c1-14(26-21-23-18-11-5-3-8-16(18)13-25-21)20(24)22-19-12-6-9-15-7-2-4-10-17(15)19/h2-5,7-8,10-11,14,19H,6,9,12-13H2,1H3,(H,22,24)/t14-,19-/m1/s1. The topological polar surface area (TPSA) is 41.5 Å². The monoisotopic (exact) mass is 382 g/mol. The second kappa shape index (κ2) is 7.89. The van der Waals surface area contributed by atoms with E-state index in [1.165, 1.54) is 16.7 Å². The normalized spacial score (nSPS) is 19.7. The quantitative estimate of drug-likeness (QED) is 0.790. The highest BCUT2D eigenvalue weighted by molar-refractivity contribution is 8.39. The Morgan fingerprint density at radius 3 is 2.85 bits per heavy atom. The number of amides is 1. The Morgan fingerprint density at radius 1 is 1.19 bits per heavy atom. The van der Waals surface area contributed by atoms with E-state index in [0.717, 1.165) is 35.1 Å². The van der Waals surface area contributed by atoms with Gasteiger partial charge in [0, 0.05) is 5.75 Å². The number of aryl methyl sites for hydroxylation is 1. The molecule has 0 fully saturated rings. The SMILES string of the molecule is C[C@@H](SC1=Nc2ccccc2CS1)C(=O)N[C@@H]1CCCc2ccccc21. The summed E-state index contributed by atoms with van der Waals surface area (Å²) in [5.74, 6) is 1.02. The molecule has 0 saturated carbocycles. The van der Waals surface area contributed by atoms with Crippen LogP contribution in [0.5, 0.6) is 0 Å². The molecule has 26 heavy (non-hydrogen) atoms. The van der Waals surface area contributed by atoms with Crippen molar-refractivity contribution in [2.45, 2.75) is 43.2 Å². The Kier molecular flexibility index (Phi) is 5.36. The average molecular weight is 383 g/mol. The lowest BCUT2D eigenvalue weighted by Crippen LogP contribution is -2.36. The number of aliphatic imine (C=N–C) groups is 1. The Bertz CT molecular complexity index is 849. The van der Waals surface area contributed by atoms with E-state index in [4.69, 9.17) is 4.99 Å². The van der Waals surface area contributed by atoms with Crippen molar-refractivity contribution in [1.82, 2.24) is 5.32 Å². The maximum Gasteiger partial charge on any atom is 0.233 e. The third-order valence-corrected chi connectivity index (χ3v) is 7.18. The Morgan fingerprint density at radius 2 is 1.96 bits per heavy atom. The number of carbonyl (C=O) groups is 1. The van der Waals surface area contributed by atoms with E-state index in [9.17, 15) is 4.79 Å². The molecule has 134 valence electrons. The first-order chi connectivity index (χ1) is 12.7. The average Bonchev–Trinajstić information content (AvgIpc) is 2.68. The van der Waals surface area contributed by atoms with Crippen molar-refractivity contribution in [2.75, 3.05) is 0 Å². The summed E-state index contributed by atoms with van der Waals surface area (Å²) in [6.07, 6.45) is 3.26. The summed E-state index contributed by atoms with van der Waals surface area (Å²) in [6.45, 7) is 1.97. The van der Waals surface area contributed by atoms with Gasteiger partial charge in [0.2, 0.25) is 5.91 Å². The van der Waals surface area contributed by atoms with Gasteiger partial charge in [0.05, 0.1) is 17.0 Å². The van der Waals surface area contributed by atoms with Crippen molar-refractivity contribution in [2.24, 2.45) is 4.99 Å². The fourth-order valence-corrected chi connectivity index (χ4v) is 5.67. The lowest BCUT2D eigenvalue weighted by atomic mass is 9.88. The summed E-state index contributed by atoms with van der Waals surface area (Å²) in [4.78, 5) is 17.5. The first-order valence-corrected chi connectivity index (χ1v) is 10.9. The van der Waals surface area contributed by atoms with Crippen molar-refractivity contribution in [3.63, 3.8) is 0 Å². The highest BCUT2D eigenvalue weighted by Gasteiger charge is 2.25. The molecule has 0 aromatic heterocycles. The highest BCUT2D eigenvalue weighted by Crippen LogP contribution is 2.36. The Hall–Kier alpha value is -1.72. The van der Waals surface area contributed by atoms with Crippen molar-refractivity contribution in [1.29, 1.82) is 0 Å². The molecule has 0 spiro atoms. The van der Waals surface area contributed by atoms with Gasteiger partial charge in [0.15, 0.2) is 0 Å². The van der Waals surface area contributed by atoms with Crippen LogP contribution in [0.2, 0.25) is 0 Å². The highest BCUT2D eigenvalue weighted by atomic mass is 32.2. The van der Waals surface area contributed by atoms with Gasteiger partial charge in [-0.3, -0.25) is 4.79 Å². The number of para-hydroxylation sites is 1. The fraction of sp³-hybridized carbons (Fsp3) is 0.333. The summed E-state index contributed by atoms with van der Waals surface area (Å²) in [5, 5.41) is 3.11. The third kappa shape index (κ3) is 3.84. The molecule has 1 N–H and O–H groups in total. The van der Waals surface area contributed by atoms with Gasteiger partial charge in [-0.25, -0.2) is 4.99 Å². The molecule has 5 heteroatoms. The number of nitrogens with zero attached hydrogens (tertiary/aromatic N) is 1. The molecule has 1 aliphatic carbocycles. The molecule has 2 aliphatic rings. The predicted molar refractivity (Wildman–Crippen MR) is 112 cm³/mol. The maximum absolute atomic E-state index is 12.7. The van der Waals surface area contributed by atoms with Crippen molar-refractivity contribution in [3.8, 4) is 0 Å². The lowest BCUT2D eigenvalue weighted by molar-refractivity contribution is -0.121. The van der Waals surface area contributed by atoms with E-state index in [1.807, 2.05) is 25.1 Å². The molecular formula is C21H22N2OS2. The van der Waals surface area contributed by atoms with E-state index in [1.54, 1.807) is 23.5 Å². The minimum atomic E-state index is -0.152. The van der Waals surface area contributed by atoms with E-state index in [-0.39, 0.29) is 17.2 Å². The van der Waals surface area contributed by atoms with Crippen LogP contribution in [0.4, 0.5) is 5.69 Å². The number of benzene rings is 2. The second-order valence-corrected chi connectivity index (χ2v) is 9.26. The van der Waals surface area contributed by atoms with Gasteiger partial charge in [-0.2, -0.15) is 0 Å². The molecule has 3 nitrogen and oxygen atoms in total. The summed E-state index contributed by atoms with van der Waals surface area (Å²) in [6, 6.07) is 16.8. The molecule has 2 aromatic carbocycles. The summed E-state index contributed by atoms with van der Waals surface area (Å²) >= 11 is 3.28. The van der Waals surface area contributed by atoms with E-state index in [0.29, 0.717) is 0 Å². The number of rotatable bonds is 3. The van der Waals surface area contributed by atoms with E-state index < -0.39 is 0 Å². The molecule has 2 aromatic rings. The number of thioether (sulfide) groups is 2. The van der Waals surface area contributed by atoms with E-state index in [2.05, 4.69) is 35.6 Å². The molecular weight excluding hydrogens is 360 g/mol. The Labute approximate surface area is 163 Å². The van der Waals surface area contributed by atoms with Gasteiger partial charge >= 0.3 is 0 Å². The van der Waals surface area contributed by atoms with Crippen LogP contribution in [0.1, 0.15) is 42.5 Å². The van der Waals surface area contributed by atoms with Crippen LogP contribution in [0.25, 0.3) is 0 Å². The van der Waals surface area contributed by atoms with Crippen LogP contribution < -0.4 is 5.32 Å².